The Labute approximate surface area is 203 Å². The van der Waals surface area contributed by atoms with E-state index in [-0.39, 0.29) is 12.4 Å². The summed E-state index contributed by atoms with van der Waals surface area (Å²) in [5, 5.41) is 19.8. The van der Waals surface area contributed by atoms with E-state index in [1.54, 1.807) is 6.07 Å². The summed E-state index contributed by atoms with van der Waals surface area (Å²) in [7, 11) is 0. The van der Waals surface area contributed by atoms with Gasteiger partial charge in [0.1, 0.15) is 5.75 Å². The minimum Gasteiger partial charge on any atom is -0.508 e. The van der Waals surface area contributed by atoms with E-state index >= 15 is 0 Å². The molecule has 0 spiro atoms. The molecule has 178 valence electrons. The third kappa shape index (κ3) is 5.69. The van der Waals surface area contributed by atoms with E-state index in [4.69, 9.17) is 0 Å². The summed E-state index contributed by atoms with van der Waals surface area (Å²) in [5.41, 5.74) is 6.77. The van der Waals surface area contributed by atoms with Crippen LogP contribution in [0.4, 0.5) is 5.69 Å². The largest absolute Gasteiger partial charge is 0.508 e. The molecule has 1 fully saturated rings. The van der Waals surface area contributed by atoms with Gasteiger partial charge in [-0.1, -0.05) is 54.6 Å². The van der Waals surface area contributed by atoms with Crippen molar-refractivity contribution in [2.45, 2.75) is 32.7 Å². The van der Waals surface area contributed by atoms with E-state index in [1.807, 2.05) is 30.3 Å². The number of aromatic hydroxyl groups is 1. The second-order valence-corrected chi connectivity index (χ2v) is 9.26. The lowest BCUT2D eigenvalue weighted by Crippen LogP contribution is -2.48. The van der Waals surface area contributed by atoms with Crippen LogP contribution in [0.15, 0.2) is 78.9 Å². The van der Waals surface area contributed by atoms with Crippen molar-refractivity contribution >= 4 is 16.8 Å². The third-order valence-electron chi connectivity index (χ3n) is 6.71. The highest BCUT2D eigenvalue weighted by molar-refractivity contribution is 5.99. The molecule has 0 amide bonds. The van der Waals surface area contributed by atoms with E-state index in [0.717, 1.165) is 54.9 Å². The monoisotopic (exact) mass is 456 g/mol. The van der Waals surface area contributed by atoms with Crippen LogP contribution in [0, 0.1) is 0 Å². The van der Waals surface area contributed by atoms with Crippen LogP contribution in [0.3, 0.4) is 0 Å². The minimum atomic E-state index is 0.144. The first-order valence-electron chi connectivity index (χ1n) is 12.3. The first-order chi connectivity index (χ1) is 16.6. The Morgan fingerprint density at radius 3 is 2.09 bits per heavy atom. The van der Waals surface area contributed by atoms with Gasteiger partial charge >= 0.3 is 0 Å². The number of piperazine rings is 1. The highest BCUT2D eigenvalue weighted by atomic mass is 16.3. The van der Waals surface area contributed by atoms with Gasteiger partial charge < -0.3 is 15.1 Å². The quantitative estimate of drug-likeness (QED) is 0.430. The van der Waals surface area contributed by atoms with Gasteiger partial charge in [-0.3, -0.25) is 4.90 Å². The fraction of sp³-hybridized carbons (Fsp3) is 0.333. The van der Waals surface area contributed by atoms with Crippen molar-refractivity contribution in [3.05, 3.63) is 95.6 Å². The average Bonchev–Trinajstić information content (AvgIpc) is 2.87. The second-order valence-electron chi connectivity index (χ2n) is 9.26. The van der Waals surface area contributed by atoms with Crippen molar-refractivity contribution < 1.29 is 10.2 Å². The van der Waals surface area contributed by atoms with E-state index < -0.39 is 0 Å². The molecular weight excluding hydrogens is 420 g/mol. The first-order valence-corrected chi connectivity index (χ1v) is 12.3. The third-order valence-corrected chi connectivity index (χ3v) is 6.71. The molecule has 0 bridgehead atoms. The molecule has 0 radical (unpaired) electrons. The molecule has 2 N–H and O–H groups in total. The summed E-state index contributed by atoms with van der Waals surface area (Å²) in [6, 6.07) is 27.3. The molecule has 3 aromatic carbocycles. The Morgan fingerprint density at radius 1 is 0.794 bits per heavy atom. The predicted molar refractivity (Wildman–Crippen MR) is 142 cm³/mol. The maximum absolute atomic E-state index is 10.2. The van der Waals surface area contributed by atoms with Crippen molar-refractivity contribution in [3.8, 4) is 5.75 Å². The molecule has 3 aromatic rings. The zero-order valence-corrected chi connectivity index (χ0v) is 20.3. The fourth-order valence-corrected chi connectivity index (χ4v) is 4.82. The number of rotatable bonds is 8. The predicted octanol–water partition coefficient (Wildman–Crippen LogP) is 5.65. The summed E-state index contributed by atoms with van der Waals surface area (Å²) in [5.74, 6) is 0.254. The highest BCUT2D eigenvalue weighted by Crippen LogP contribution is 2.37. The lowest BCUT2D eigenvalue weighted by Gasteiger charge is -2.38. The number of nitrogens with zero attached hydrogens (tertiary/aromatic N) is 2. The van der Waals surface area contributed by atoms with Gasteiger partial charge in [0.15, 0.2) is 0 Å². The van der Waals surface area contributed by atoms with E-state index in [9.17, 15) is 10.2 Å². The van der Waals surface area contributed by atoms with Gasteiger partial charge in [-0.2, -0.15) is 0 Å². The Balaban J connectivity index is 1.73. The molecule has 1 aliphatic heterocycles. The van der Waals surface area contributed by atoms with E-state index in [2.05, 4.69) is 66.1 Å². The summed E-state index contributed by atoms with van der Waals surface area (Å²) in [6.45, 7) is 8.93. The zero-order chi connectivity index (χ0) is 23.9. The fourth-order valence-electron chi connectivity index (χ4n) is 4.82. The summed E-state index contributed by atoms with van der Waals surface area (Å²) < 4.78 is 0. The molecular formula is C30H36N2O2. The Bertz CT molecular complexity index is 1080. The molecule has 34 heavy (non-hydrogen) atoms. The van der Waals surface area contributed by atoms with Crippen LogP contribution < -0.4 is 4.90 Å². The van der Waals surface area contributed by atoms with Crippen molar-refractivity contribution in [1.29, 1.82) is 0 Å². The molecule has 0 aromatic heterocycles. The van der Waals surface area contributed by atoms with Crippen LogP contribution in [0.25, 0.3) is 11.1 Å². The summed E-state index contributed by atoms with van der Waals surface area (Å²) in [6.07, 6.45) is 1.44. The number of hydrogen-bond donors (Lipinski definition) is 2. The van der Waals surface area contributed by atoms with Crippen LogP contribution in [0.1, 0.15) is 43.4 Å². The van der Waals surface area contributed by atoms with Crippen LogP contribution in [-0.2, 0) is 0 Å². The number of benzene rings is 3. The van der Waals surface area contributed by atoms with Crippen molar-refractivity contribution in [2.24, 2.45) is 0 Å². The number of anilines is 1. The van der Waals surface area contributed by atoms with Gasteiger partial charge in [-0.05, 0) is 78.8 Å². The second kappa shape index (κ2) is 11.4. The maximum Gasteiger partial charge on any atom is 0.116 e. The van der Waals surface area contributed by atoms with Crippen molar-refractivity contribution in [1.82, 2.24) is 4.90 Å². The standard InChI is InChI=1S/C30H36N2O2/c1-23(2)31-17-19-32(20-18-31)27-15-13-25(14-16-27)30(26-10-6-11-28(34)22-26)29(12-7-21-33)24-8-4-3-5-9-24/h3-6,8-11,13-16,22-23,33-34H,7,12,17-21H2,1-2H3. The first kappa shape index (κ1) is 24.1. The number of phenols is 1. The van der Waals surface area contributed by atoms with Gasteiger partial charge in [0, 0.05) is 44.5 Å². The lowest BCUT2D eigenvalue weighted by atomic mass is 9.87. The summed E-state index contributed by atoms with van der Waals surface area (Å²) in [4.78, 5) is 4.99. The highest BCUT2D eigenvalue weighted by Gasteiger charge is 2.20. The van der Waals surface area contributed by atoms with Crippen LogP contribution >= 0.6 is 0 Å². The normalized spacial score (nSPS) is 15.5. The molecule has 1 heterocycles. The van der Waals surface area contributed by atoms with E-state index in [0.29, 0.717) is 12.5 Å². The van der Waals surface area contributed by atoms with Gasteiger partial charge in [-0.15, -0.1) is 0 Å². The van der Waals surface area contributed by atoms with Crippen molar-refractivity contribution in [3.63, 3.8) is 0 Å². The lowest BCUT2D eigenvalue weighted by molar-refractivity contribution is 0.209. The molecule has 0 saturated carbocycles. The number of aliphatic hydroxyl groups excluding tert-OH is 1. The maximum atomic E-state index is 10.2. The Morgan fingerprint density at radius 2 is 1.47 bits per heavy atom. The SMILES string of the molecule is CC(C)N1CCN(c2ccc(C(=C(CCCO)c3ccccc3)c3cccc(O)c3)cc2)CC1. The number of phenolic OH excluding ortho intramolecular Hbond substituents is 1. The average molecular weight is 457 g/mol. The molecule has 0 atom stereocenters. The number of allylic oxidation sites excluding steroid dienone is 1. The minimum absolute atomic E-state index is 0.144. The van der Waals surface area contributed by atoms with Crippen LogP contribution in [-0.4, -0.2) is 53.9 Å². The zero-order valence-electron chi connectivity index (χ0n) is 20.3. The molecule has 4 rings (SSSR count). The van der Waals surface area contributed by atoms with Crippen LogP contribution in [0.5, 0.6) is 5.75 Å². The van der Waals surface area contributed by atoms with Gasteiger partial charge in [0.05, 0.1) is 0 Å². The number of hydrogen-bond acceptors (Lipinski definition) is 4. The summed E-state index contributed by atoms with van der Waals surface area (Å²) >= 11 is 0. The Kier molecular flexibility index (Phi) is 8.04. The smallest absolute Gasteiger partial charge is 0.116 e. The topological polar surface area (TPSA) is 46.9 Å². The van der Waals surface area contributed by atoms with Crippen molar-refractivity contribution in [2.75, 3.05) is 37.7 Å². The molecule has 1 aliphatic rings. The van der Waals surface area contributed by atoms with E-state index in [1.165, 1.54) is 11.3 Å². The Hall–Kier alpha value is -3.08. The molecule has 1 saturated heterocycles. The molecule has 4 heteroatoms. The van der Waals surface area contributed by atoms with Gasteiger partial charge in [-0.25, -0.2) is 0 Å². The molecule has 4 nitrogen and oxygen atoms in total. The number of aliphatic hydroxyl groups is 1. The van der Waals surface area contributed by atoms with Crippen LogP contribution in [0.2, 0.25) is 0 Å². The molecule has 0 aliphatic carbocycles. The molecule has 0 unspecified atom stereocenters. The van der Waals surface area contributed by atoms with Gasteiger partial charge in [0.25, 0.3) is 0 Å². The van der Waals surface area contributed by atoms with Gasteiger partial charge in [0.2, 0.25) is 0 Å².